The van der Waals surface area contributed by atoms with Crippen molar-refractivity contribution in [1.82, 2.24) is 10.3 Å². The van der Waals surface area contributed by atoms with Gasteiger partial charge < -0.3 is 15.4 Å². The molecule has 0 aliphatic carbocycles. The normalized spacial score (nSPS) is 32.8. The van der Waals surface area contributed by atoms with Gasteiger partial charge in [-0.15, -0.1) is 0 Å². The van der Waals surface area contributed by atoms with E-state index in [4.69, 9.17) is 4.74 Å². The second kappa shape index (κ2) is 4.63. The molecule has 0 radical (unpaired) electrons. The van der Waals surface area contributed by atoms with Crippen molar-refractivity contribution >= 4 is 5.82 Å². The Morgan fingerprint density at radius 3 is 3.24 bits per heavy atom. The largest absolute Gasteiger partial charge is 0.373 e. The zero-order valence-corrected chi connectivity index (χ0v) is 9.98. The predicted molar refractivity (Wildman–Crippen MR) is 67.1 cm³/mol. The highest BCUT2D eigenvalue weighted by molar-refractivity contribution is 5.34. The molecule has 2 N–H and O–H groups in total. The van der Waals surface area contributed by atoms with Crippen LogP contribution in [0.4, 0.5) is 5.82 Å². The van der Waals surface area contributed by atoms with Gasteiger partial charge in [-0.3, -0.25) is 0 Å². The first-order chi connectivity index (χ1) is 8.36. The van der Waals surface area contributed by atoms with Gasteiger partial charge in [0.15, 0.2) is 0 Å². The van der Waals surface area contributed by atoms with Gasteiger partial charge in [-0.05, 0) is 37.9 Å². The summed E-state index contributed by atoms with van der Waals surface area (Å²) in [7, 11) is 0. The van der Waals surface area contributed by atoms with Crippen LogP contribution in [-0.2, 0) is 4.74 Å². The molecule has 0 amide bonds. The molecule has 3 rings (SSSR count). The zero-order valence-electron chi connectivity index (χ0n) is 9.98. The molecule has 2 fully saturated rings. The molecule has 0 unspecified atom stereocenters. The third-order valence-corrected chi connectivity index (χ3v) is 3.71. The number of aromatic nitrogens is 1. The highest BCUT2D eigenvalue weighted by Crippen LogP contribution is 2.31. The van der Waals surface area contributed by atoms with Crippen LogP contribution in [0.5, 0.6) is 0 Å². The smallest absolute Gasteiger partial charge is 0.126 e. The molecule has 2 atom stereocenters. The highest BCUT2D eigenvalue weighted by atomic mass is 16.5. The lowest BCUT2D eigenvalue weighted by atomic mass is 9.89. The summed E-state index contributed by atoms with van der Waals surface area (Å²) < 4.78 is 5.97. The molecule has 0 saturated carbocycles. The molecule has 2 saturated heterocycles. The van der Waals surface area contributed by atoms with Crippen LogP contribution >= 0.6 is 0 Å². The van der Waals surface area contributed by atoms with E-state index in [2.05, 4.69) is 15.6 Å². The molecular formula is C13H19N3O. The number of nitrogens with one attached hydrogen (secondary N) is 2. The van der Waals surface area contributed by atoms with Gasteiger partial charge in [-0.1, -0.05) is 6.07 Å². The number of ether oxygens (including phenoxy) is 1. The van der Waals surface area contributed by atoms with Gasteiger partial charge in [0.2, 0.25) is 0 Å². The number of pyridine rings is 1. The fraction of sp³-hybridized carbons (Fsp3) is 0.615. The fourth-order valence-electron chi connectivity index (χ4n) is 2.83. The van der Waals surface area contributed by atoms with Crippen molar-refractivity contribution in [3.05, 3.63) is 24.4 Å². The zero-order chi connectivity index (χ0) is 11.6. The van der Waals surface area contributed by atoms with E-state index in [1.165, 1.54) is 0 Å². The third-order valence-electron chi connectivity index (χ3n) is 3.71. The molecule has 2 aliphatic heterocycles. The van der Waals surface area contributed by atoms with Gasteiger partial charge in [-0.25, -0.2) is 4.98 Å². The van der Waals surface area contributed by atoms with Gasteiger partial charge >= 0.3 is 0 Å². The van der Waals surface area contributed by atoms with Crippen LogP contribution in [0.3, 0.4) is 0 Å². The van der Waals surface area contributed by atoms with Crippen LogP contribution in [0.2, 0.25) is 0 Å². The van der Waals surface area contributed by atoms with Gasteiger partial charge in [0.05, 0.1) is 5.60 Å². The summed E-state index contributed by atoms with van der Waals surface area (Å²) in [5.41, 5.74) is 0.0741. The quantitative estimate of drug-likeness (QED) is 0.810. The molecule has 2 aliphatic rings. The Balaban J connectivity index is 1.64. The minimum atomic E-state index is 0.0741. The Morgan fingerprint density at radius 1 is 1.47 bits per heavy atom. The van der Waals surface area contributed by atoms with Crippen LogP contribution in [0.1, 0.15) is 19.3 Å². The Bertz CT molecular complexity index is 362. The summed E-state index contributed by atoms with van der Waals surface area (Å²) >= 11 is 0. The minimum Gasteiger partial charge on any atom is -0.373 e. The standard InChI is InChI=1S/C13H19N3O/c1-2-6-15-12(3-1)16-11-4-8-17-13(9-11)5-7-14-10-13/h1-3,6,11,14H,4-5,7-10H2,(H,15,16)/t11-,13-/m0/s1. The highest BCUT2D eigenvalue weighted by Gasteiger charge is 2.39. The average Bonchev–Trinajstić information content (AvgIpc) is 2.79. The first-order valence-corrected chi connectivity index (χ1v) is 6.39. The lowest BCUT2D eigenvalue weighted by Gasteiger charge is -2.38. The van der Waals surface area contributed by atoms with E-state index in [-0.39, 0.29) is 5.60 Å². The molecule has 1 spiro atoms. The summed E-state index contributed by atoms with van der Waals surface area (Å²) in [6.07, 6.45) is 5.11. The Morgan fingerprint density at radius 2 is 2.47 bits per heavy atom. The van der Waals surface area contributed by atoms with Gasteiger partial charge in [0.1, 0.15) is 5.82 Å². The maximum absolute atomic E-state index is 5.97. The summed E-state index contributed by atoms with van der Waals surface area (Å²) in [5.74, 6) is 0.973. The number of rotatable bonds is 2. The fourth-order valence-corrected chi connectivity index (χ4v) is 2.83. The molecule has 0 aromatic carbocycles. The topological polar surface area (TPSA) is 46.2 Å². The van der Waals surface area contributed by atoms with E-state index < -0.39 is 0 Å². The van der Waals surface area contributed by atoms with Crippen LogP contribution < -0.4 is 10.6 Å². The Labute approximate surface area is 102 Å². The molecular weight excluding hydrogens is 214 g/mol. The Hall–Kier alpha value is -1.13. The van der Waals surface area contributed by atoms with Crippen LogP contribution in [0.15, 0.2) is 24.4 Å². The van der Waals surface area contributed by atoms with Crippen molar-refractivity contribution in [3.8, 4) is 0 Å². The third kappa shape index (κ3) is 2.42. The van der Waals surface area contributed by atoms with Gasteiger partial charge in [0.25, 0.3) is 0 Å². The van der Waals surface area contributed by atoms with E-state index in [0.717, 1.165) is 44.8 Å². The SMILES string of the molecule is c1ccc(N[C@H]2CCO[C@@]3(CCNC3)C2)nc1. The van der Waals surface area contributed by atoms with Crippen LogP contribution in [0, 0.1) is 0 Å². The Kier molecular flexibility index (Phi) is 2.99. The van der Waals surface area contributed by atoms with E-state index >= 15 is 0 Å². The van der Waals surface area contributed by atoms with E-state index in [1.54, 1.807) is 0 Å². The summed E-state index contributed by atoms with van der Waals surface area (Å²) in [6.45, 7) is 2.93. The second-order valence-corrected chi connectivity index (χ2v) is 5.01. The van der Waals surface area contributed by atoms with E-state index in [9.17, 15) is 0 Å². The van der Waals surface area contributed by atoms with Crippen molar-refractivity contribution in [2.75, 3.05) is 25.0 Å². The molecule has 3 heterocycles. The lowest BCUT2D eigenvalue weighted by Crippen LogP contribution is -2.45. The number of hydrogen-bond acceptors (Lipinski definition) is 4. The monoisotopic (exact) mass is 233 g/mol. The maximum Gasteiger partial charge on any atom is 0.126 e. The van der Waals surface area contributed by atoms with Crippen molar-refractivity contribution in [3.63, 3.8) is 0 Å². The van der Waals surface area contributed by atoms with Crippen molar-refractivity contribution in [1.29, 1.82) is 0 Å². The lowest BCUT2D eigenvalue weighted by molar-refractivity contribution is -0.0673. The average molecular weight is 233 g/mol. The first kappa shape index (κ1) is 11.0. The molecule has 1 aromatic heterocycles. The molecule has 17 heavy (non-hydrogen) atoms. The van der Waals surface area contributed by atoms with Crippen molar-refractivity contribution < 1.29 is 4.74 Å². The van der Waals surface area contributed by atoms with E-state index in [1.807, 2.05) is 24.4 Å². The number of anilines is 1. The van der Waals surface area contributed by atoms with Gasteiger partial charge in [0, 0.05) is 25.4 Å². The molecule has 1 aromatic rings. The first-order valence-electron chi connectivity index (χ1n) is 6.39. The summed E-state index contributed by atoms with van der Waals surface area (Å²) in [5, 5.41) is 6.91. The summed E-state index contributed by atoms with van der Waals surface area (Å²) in [6, 6.07) is 6.47. The van der Waals surface area contributed by atoms with Crippen molar-refractivity contribution in [2.45, 2.75) is 30.9 Å². The van der Waals surface area contributed by atoms with E-state index in [0.29, 0.717) is 6.04 Å². The number of nitrogens with zero attached hydrogens (tertiary/aromatic N) is 1. The predicted octanol–water partition coefficient (Wildman–Crippen LogP) is 1.40. The van der Waals surface area contributed by atoms with Crippen LogP contribution in [0.25, 0.3) is 0 Å². The maximum atomic E-state index is 5.97. The minimum absolute atomic E-state index is 0.0741. The molecule has 92 valence electrons. The van der Waals surface area contributed by atoms with Gasteiger partial charge in [-0.2, -0.15) is 0 Å². The molecule has 4 nitrogen and oxygen atoms in total. The molecule has 0 bridgehead atoms. The summed E-state index contributed by atoms with van der Waals surface area (Å²) in [4.78, 5) is 4.32. The number of hydrogen-bond donors (Lipinski definition) is 2. The second-order valence-electron chi connectivity index (χ2n) is 5.01. The van der Waals surface area contributed by atoms with Crippen molar-refractivity contribution in [2.24, 2.45) is 0 Å². The van der Waals surface area contributed by atoms with Crippen LogP contribution in [-0.4, -0.2) is 36.3 Å². The molecule has 4 heteroatoms.